The first-order valence-electron chi connectivity index (χ1n) is 3.84. The number of rotatable bonds is 2. The predicted molar refractivity (Wildman–Crippen MR) is 48.3 cm³/mol. The third kappa shape index (κ3) is 2.24. The van der Waals surface area contributed by atoms with E-state index in [1.807, 2.05) is 6.92 Å². The highest BCUT2D eigenvalue weighted by Crippen LogP contribution is 2.29. The minimum Gasteiger partial charge on any atom is -0.207 e. The van der Waals surface area contributed by atoms with Gasteiger partial charge in [0.1, 0.15) is 5.82 Å². The normalized spacial score (nSPS) is 13.0. The number of benzene rings is 1. The fraction of sp³-hybridized carbons (Fsp3) is 0.333. The summed E-state index contributed by atoms with van der Waals surface area (Å²) in [5.41, 5.74) is 0.154. The summed E-state index contributed by atoms with van der Waals surface area (Å²) in [6.07, 6.45) is 0.613. The molecular formula is C9H8BrF3. The van der Waals surface area contributed by atoms with Crippen LogP contribution in [0.3, 0.4) is 0 Å². The predicted octanol–water partition coefficient (Wildman–Crippen LogP) is 3.95. The van der Waals surface area contributed by atoms with Gasteiger partial charge in [-0.1, -0.05) is 22.9 Å². The smallest absolute Gasteiger partial charge is 0.161 e. The zero-order valence-electron chi connectivity index (χ0n) is 6.95. The fourth-order valence-corrected chi connectivity index (χ4v) is 1.35. The molecule has 1 aromatic carbocycles. The molecule has 0 spiro atoms. The van der Waals surface area contributed by atoms with Crippen LogP contribution < -0.4 is 0 Å². The molecule has 0 aliphatic rings. The van der Waals surface area contributed by atoms with Crippen molar-refractivity contribution in [3.8, 4) is 0 Å². The molecule has 0 aliphatic heterocycles. The van der Waals surface area contributed by atoms with Gasteiger partial charge in [-0.25, -0.2) is 13.2 Å². The molecule has 1 rings (SSSR count). The SMILES string of the molecule is CCC(Br)c1cc(F)c(F)cc1F. The molecule has 0 amide bonds. The Morgan fingerprint density at radius 1 is 1.15 bits per heavy atom. The maximum absolute atomic E-state index is 13.0. The van der Waals surface area contributed by atoms with Gasteiger partial charge in [0, 0.05) is 16.5 Å². The summed E-state index contributed by atoms with van der Waals surface area (Å²) in [7, 11) is 0. The summed E-state index contributed by atoms with van der Waals surface area (Å²) >= 11 is 3.17. The Morgan fingerprint density at radius 3 is 2.23 bits per heavy atom. The second-order valence-electron chi connectivity index (χ2n) is 2.66. The Bertz CT molecular complexity index is 312. The molecule has 0 radical (unpaired) electrons. The molecule has 0 nitrogen and oxygen atoms in total. The van der Waals surface area contributed by atoms with Crippen LogP contribution in [0.15, 0.2) is 12.1 Å². The molecule has 1 unspecified atom stereocenters. The van der Waals surface area contributed by atoms with E-state index in [4.69, 9.17) is 0 Å². The van der Waals surface area contributed by atoms with Crippen molar-refractivity contribution in [3.05, 3.63) is 35.1 Å². The van der Waals surface area contributed by atoms with E-state index in [-0.39, 0.29) is 10.4 Å². The lowest BCUT2D eigenvalue weighted by atomic mass is 10.1. The second-order valence-corrected chi connectivity index (χ2v) is 3.77. The van der Waals surface area contributed by atoms with Crippen molar-refractivity contribution < 1.29 is 13.2 Å². The topological polar surface area (TPSA) is 0 Å². The van der Waals surface area contributed by atoms with E-state index >= 15 is 0 Å². The Balaban J connectivity index is 3.15. The van der Waals surface area contributed by atoms with Crippen LogP contribution >= 0.6 is 15.9 Å². The van der Waals surface area contributed by atoms with Crippen molar-refractivity contribution in [2.45, 2.75) is 18.2 Å². The van der Waals surface area contributed by atoms with E-state index in [1.165, 1.54) is 0 Å². The lowest BCUT2D eigenvalue weighted by molar-refractivity contribution is 0.489. The average molecular weight is 253 g/mol. The molecular weight excluding hydrogens is 245 g/mol. The van der Waals surface area contributed by atoms with Gasteiger partial charge in [0.05, 0.1) is 0 Å². The van der Waals surface area contributed by atoms with Crippen LogP contribution in [-0.4, -0.2) is 0 Å². The first-order valence-corrected chi connectivity index (χ1v) is 4.76. The highest BCUT2D eigenvalue weighted by atomic mass is 79.9. The first kappa shape index (κ1) is 10.6. The first-order chi connectivity index (χ1) is 6.06. The van der Waals surface area contributed by atoms with Crippen LogP contribution in [-0.2, 0) is 0 Å². The van der Waals surface area contributed by atoms with E-state index < -0.39 is 17.5 Å². The second kappa shape index (κ2) is 4.13. The van der Waals surface area contributed by atoms with E-state index in [2.05, 4.69) is 15.9 Å². The van der Waals surface area contributed by atoms with Crippen LogP contribution in [0, 0.1) is 17.5 Å². The van der Waals surface area contributed by atoms with Crippen molar-refractivity contribution in [1.82, 2.24) is 0 Å². The molecule has 13 heavy (non-hydrogen) atoms. The molecule has 0 aliphatic carbocycles. The molecule has 0 N–H and O–H groups in total. The third-order valence-corrected chi connectivity index (χ3v) is 2.88. The maximum atomic E-state index is 13.0. The monoisotopic (exact) mass is 252 g/mol. The lowest BCUT2D eigenvalue weighted by Crippen LogP contribution is -1.97. The molecule has 0 heterocycles. The largest absolute Gasteiger partial charge is 0.207 e. The Kier molecular flexibility index (Phi) is 3.36. The molecule has 4 heteroatoms. The minimum absolute atomic E-state index is 0.154. The minimum atomic E-state index is -1.16. The van der Waals surface area contributed by atoms with Crippen LogP contribution in [0.1, 0.15) is 23.7 Å². The number of hydrogen-bond donors (Lipinski definition) is 0. The molecule has 0 bridgehead atoms. The van der Waals surface area contributed by atoms with Crippen LogP contribution in [0.2, 0.25) is 0 Å². The summed E-state index contributed by atoms with van der Waals surface area (Å²) in [5, 5.41) is 0. The van der Waals surface area contributed by atoms with Crippen molar-refractivity contribution in [1.29, 1.82) is 0 Å². The van der Waals surface area contributed by atoms with Crippen LogP contribution in [0.4, 0.5) is 13.2 Å². The lowest BCUT2D eigenvalue weighted by Gasteiger charge is -2.08. The average Bonchev–Trinajstić information content (AvgIpc) is 2.10. The molecule has 0 fully saturated rings. The highest BCUT2D eigenvalue weighted by Gasteiger charge is 2.14. The van der Waals surface area contributed by atoms with E-state index in [9.17, 15) is 13.2 Å². The van der Waals surface area contributed by atoms with Gasteiger partial charge in [-0.3, -0.25) is 0 Å². The van der Waals surface area contributed by atoms with Gasteiger partial charge in [0.15, 0.2) is 11.6 Å². The maximum Gasteiger partial charge on any atom is 0.161 e. The van der Waals surface area contributed by atoms with Gasteiger partial charge < -0.3 is 0 Å². The Hall–Kier alpha value is -0.510. The van der Waals surface area contributed by atoms with Crippen LogP contribution in [0.5, 0.6) is 0 Å². The summed E-state index contributed by atoms with van der Waals surface area (Å²) in [5.74, 6) is -2.89. The molecule has 0 saturated carbocycles. The zero-order valence-corrected chi connectivity index (χ0v) is 8.54. The standard InChI is InChI=1S/C9H8BrF3/c1-2-6(10)5-3-8(12)9(13)4-7(5)11/h3-4,6H,2H2,1H3. The number of hydrogen-bond acceptors (Lipinski definition) is 0. The van der Waals surface area contributed by atoms with Gasteiger partial charge in [-0.05, 0) is 12.5 Å². The van der Waals surface area contributed by atoms with Gasteiger partial charge in [-0.15, -0.1) is 0 Å². The van der Waals surface area contributed by atoms with Gasteiger partial charge in [0.25, 0.3) is 0 Å². The molecule has 0 aromatic heterocycles. The highest BCUT2D eigenvalue weighted by molar-refractivity contribution is 9.09. The van der Waals surface area contributed by atoms with E-state index in [0.29, 0.717) is 12.5 Å². The van der Waals surface area contributed by atoms with Crippen LogP contribution in [0.25, 0.3) is 0 Å². The van der Waals surface area contributed by atoms with Crippen molar-refractivity contribution in [2.75, 3.05) is 0 Å². The van der Waals surface area contributed by atoms with Crippen molar-refractivity contribution in [2.24, 2.45) is 0 Å². The molecule has 1 aromatic rings. The van der Waals surface area contributed by atoms with E-state index in [0.717, 1.165) is 6.07 Å². The molecule has 0 saturated heterocycles. The van der Waals surface area contributed by atoms with Gasteiger partial charge >= 0.3 is 0 Å². The quantitative estimate of drug-likeness (QED) is 0.553. The van der Waals surface area contributed by atoms with Crippen molar-refractivity contribution >= 4 is 15.9 Å². The van der Waals surface area contributed by atoms with Gasteiger partial charge in [-0.2, -0.15) is 0 Å². The summed E-state index contributed by atoms with van der Waals surface area (Å²) in [4.78, 5) is -0.275. The molecule has 72 valence electrons. The summed E-state index contributed by atoms with van der Waals surface area (Å²) < 4.78 is 38.2. The summed E-state index contributed by atoms with van der Waals surface area (Å²) in [6.45, 7) is 1.82. The van der Waals surface area contributed by atoms with E-state index in [1.54, 1.807) is 0 Å². The Labute approximate surface area is 82.9 Å². The number of alkyl halides is 1. The Morgan fingerprint density at radius 2 is 1.69 bits per heavy atom. The number of halogens is 4. The summed E-state index contributed by atoms with van der Waals surface area (Å²) in [6, 6.07) is 1.45. The molecule has 1 atom stereocenters. The van der Waals surface area contributed by atoms with Gasteiger partial charge in [0.2, 0.25) is 0 Å². The van der Waals surface area contributed by atoms with Crippen molar-refractivity contribution in [3.63, 3.8) is 0 Å². The third-order valence-electron chi connectivity index (χ3n) is 1.74. The fourth-order valence-electron chi connectivity index (χ4n) is 0.998. The zero-order chi connectivity index (χ0) is 10.0.